The van der Waals surface area contributed by atoms with Crippen LogP contribution in [0.5, 0.6) is 0 Å². The summed E-state index contributed by atoms with van der Waals surface area (Å²) in [4.78, 5) is 16.5. The largest absolute Gasteiger partial charge is 0.352 e. The van der Waals surface area contributed by atoms with E-state index in [0.29, 0.717) is 42.6 Å². The Kier molecular flexibility index (Phi) is 4.53. The molecule has 0 bridgehead atoms. The van der Waals surface area contributed by atoms with Crippen LogP contribution in [0.1, 0.15) is 10.4 Å². The first kappa shape index (κ1) is 16.5. The molecule has 1 fully saturated rings. The van der Waals surface area contributed by atoms with Crippen molar-refractivity contribution >= 4 is 23.3 Å². The summed E-state index contributed by atoms with van der Waals surface area (Å²) in [5, 5.41) is 13.2. The van der Waals surface area contributed by atoms with Crippen LogP contribution in [0.15, 0.2) is 54.9 Å². The van der Waals surface area contributed by atoms with Gasteiger partial charge in [-0.1, -0.05) is 17.7 Å². The van der Waals surface area contributed by atoms with Gasteiger partial charge in [-0.25, -0.2) is 4.68 Å². The molecule has 8 heteroatoms. The fraction of sp³-hybridized carbons (Fsp3) is 0.222. The van der Waals surface area contributed by atoms with Crippen LogP contribution in [0.25, 0.3) is 5.82 Å². The van der Waals surface area contributed by atoms with Crippen molar-refractivity contribution in [3.63, 3.8) is 0 Å². The summed E-state index contributed by atoms with van der Waals surface area (Å²) in [7, 11) is 0. The van der Waals surface area contributed by atoms with E-state index < -0.39 is 0 Å². The monoisotopic (exact) mass is 368 g/mol. The van der Waals surface area contributed by atoms with E-state index in [1.165, 1.54) is 0 Å². The highest BCUT2D eigenvalue weighted by molar-refractivity contribution is 6.30. The number of piperazine rings is 1. The Hall–Kier alpha value is -2.93. The van der Waals surface area contributed by atoms with Crippen LogP contribution in [0.4, 0.5) is 5.82 Å². The molecule has 0 atom stereocenters. The number of halogens is 1. The number of rotatable bonds is 3. The fourth-order valence-electron chi connectivity index (χ4n) is 2.96. The zero-order chi connectivity index (χ0) is 17.9. The van der Waals surface area contributed by atoms with Crippen LogP contribution in [-0.2, 0) is 0 Å². The number of carbonyl (C=O) groups excluding carboxylic acids is 1. The molecule has 1 aromatic carbocycles. The molecule has 0 radical (unpaired) electrons. The Morgan fingerprint density at radius 3 is 2.38 bits per heavy atom. The van der Waals surface area contributed by atoms with E-state index >= 15 is 0 Å². The van der Waals surface area contributed by atoms with Crippen molar-refractivity contribution in [1.29, 1.82) is 0 Å². The van der Waals surface area contributed by atoms with Gasteiger partial charge < -0.3 is 9.80 Å². The molecule has 7 nitrogen and oxygen atoms in total. The van der Waals surface area contributed by atoms with Gasteiger partial charge in [0.1, 0.15) is 0 Å². The predicted molar refractivity (Wildman–Crippen MR) is 98.7 cm³/mol. The summed E-state index contributed by atoms with van der Waals surface area (Å²) in [5.74, 6) is 1.48. The molecular weight excluding hydrogens is 352 g/mol. The topological polar surface area (TPSA) is 67.2 Å². The van der Waals surface area contributed by atoms with Gasteiger partial charge in [-0.15, -0.1) is 10.2 Å². The van der Waals surface area contributed by atoms with Gasteiger partial charge in [0.05, 0.1) is 0 Å². The summed E-state index contributed by atoms with van der Waals surface area (Å²) < 4.78 is 1.67. The second-order valence-electron chi connectivity index (χ2n) is 5.99. The number of anilines is 1. The number of nitrogens with zero attached hydrogens (tertiary/aromatic N) is 6. The minimum Gasteiger partial charge on any atom is -0.352 e. The van der Waals surface area contributed by atoms with Gasteiger partial charge in [0.25, 0.3) is 5.91 Å². The molecule has 132 valence electrons. The molecule has 26 heavy (non-hydrogen) atoms. The Balaban J connectivity index is 1.39. The number of hydrogen-bond acceptors (Lipinski definition) is 5. The zero-order valence-electron chi connectivity index (χ0n) is 14.0. The first-order valence-electron chi connectivity index (χ1n) is 8.34. The lowest BCUT2D eigenvalue weighted by Gasteiger charge is -2.35. The summed E-state index contributed by atoms with van der Waals surface area (Å²) >= 11 is 5.98. The molecule has 0 saturated carbocycles. The molecule has 1 amide bonds. The van der Waals surface area contributed by atoms with Gasteiger partial charge in [-0.2, -0.15) is 5.10 Å². The average Bonchev–Trinajstić information content (AvgIpc) is 3.23. The Morgan fingerprint density at radius 2 is 1.73 bits per heavy atom. The SMILES string of the molecule is O=C(c1cccc(Cl)c1)N1CCN(c2ccc(-n3cccn3)nn2)CC1. The van der Waals surface area contributed by atoms with Gasteiger partial charge in [0.15, 0.2) is 11.6 Å². The second-order valence-corrected chi connectivity index (χ2v) is 6.43. The van der Waals surface area contributed by atoms with Gasteiger partial charge in [-0.05, 0) is 36.4 Å². The quantitative estimate of drug-likeness (QED) is 0.709. The van der Waals surface area contributed by atoms with Crippen molar-refractivity contribution in [2.45, 2.75) is 0 Å². The molecule has 0 N–H and O–H groups in total. The minimum atomic E-state index is 0.00673. The minimum absolute atomic E-state index is 0.00673. The summed E-state index contributed by atoms with van der Waals surface area (Å²) in [6.45, 7) is 2.69. The van der Waals surface area contributed by atoms with E-state index in [1.807, 2.05) is 29.3 Å². The lowest BCUT2D eigenvalue weighted by Crippen LogP contribution is -2.49. The molecule has 1 aliphatic rings. The highest BCUT2D eigenvalue weighted by Crippen LogP contribution is 2.17. The lowest BCUT2D eigenvalue weighted by molar-refractivity contribution is 0.0746. The number of amides is 1. The third kappa shape index (κ3) is 3.39. The van der Waals surface area contributed by atoms with E-state index in [4.69, 9.17) is 11.6 Å². The van der Waals surface area contributed by atoms with Gasteiger partial charge in [0.2, 0.25) is 0 Å². The molecule has 1 saturated heterocycles. The van der Waals surface area contributed by atoms with Crippen LogP contribution >= 0.6 is 11.6 Å². The van der Waals surface area contributed by atoms with Crippen LogP contribution < -0.4 is 4.90 Å². The summed E-state index contributed by atoms with van der Waals surface area (Å²) in [5.41, 5.74) is 0.620. The van der Waals surface area contributed by atoms with E-state index in [2.05, 4.69) is 20.2 Å². The van der Waals surface area contributed by atoms with Gasteiger partial charge >= 0.3 is 0 Å². The molecule has 2 aromatic heterocycles. The molecule has 0 spiro atoms. The van der Waals surface area contributed by atoms with Gasteiger partial charge in [-0.3, -0.25) is 4.79 Å². The molecule has 1 aliphatic heterocycles. The van der Waals surface area contributed by atoms with Gasteiger partial charge in [0, 0.05) is 49.2 Å². The lowest BCUT2D eigenvalue weighted by atomic mass is 10.2. The third-order valence-electron chi connectivity index (χ3n) is 4.34. The average molecular weight is 369 g/mol. The number of aromatic nitrogens is 4. The molecule has 3 heterocycles. The van der Waals surface area contributed by atoms with E-state index in [0.717, 1.165) is 5.82 Å². The van der Waals surface area contributed by atoms with Crippen LogP contribution in [0.2, 0.25) is 5.02 Å². The van der Waals surface area contributed by atoms with Crippen molar-refractivity contribution in [2.75, 3.05) is 31.1 Å². The van der Waals surface area contributed by atoms with Crippen molar-refractivity contribution < 1.29 is 4.79 Å². The predicted octanol–water partition coefficient (Wildman–Crippen LogP) is 2.28. The van der Waals surface area contributed by atoms with Crippen molar-refractivity contribution in [2.24, 2.45) is 0 Å². The Bertz CT molecular complexity index is 888. The molecule has 4 rings (SSSR count). The van der Waals surface area contributed by atoms with Crippen LogP contribution in [0, 0.1) is 0 Å². The van der Waals surface area contributed by atoms with Crippen LogP contribution in [-0.4, -0.2) is 57.0 Å². The number of hydrogen-bond donors (Lipinski definition) is 0. The summed E-state index contributed by atoms with van der Waals surface area (Å²) in [6, 6.07) is 12.7. The van der Waals surface area contributed by atoms with E-state index in [-0.39, 0.29) is 5.91 Å². The highest BCUT2D eigenvalue weighted by atomic mass is 35.5. The fourth-order valence-corrected chi connectivity index (χ4v) is 3.15. The normalized spacial score (nSPS) is 14.5. The molecule has 0 unspecified atom stereocenters. The zero-order valence-corrected chi connectivity index (χ0v) is 14.8. The number of carbonyl (C=O) groups is 1. The Morgan fingerprint density at radius 1 is 0.962 bits per heavy atom. The summed E-state index contributed by atoms with van der Waals surface area (Å²) in [6.07, 6.45) is 3.52. The molecular formula is C18H17ClN6O. The maximum Gasteiger partial charge on any atom is 0.254 e. The molecule has 0 aliphatic carbocycles. The third-order valence-corrected chi connectivity index (χ3v) is 4.57. The van der Waals surface area contributed by atoms with Crippen LogP contribution in [0.3, 0.4) is 0 Å². The van der Waals surface area contributed by atoms with E-state index in [1.54, 1.807) is 35.1 Å². The van der Waals surface area contributed by atoms with Crippen molar-refractivity contribution in [3.8, 4) is 5.82 Å². The van der Waals surface area contributed by atoms with Crippen molar-refractivity contribution in [1.82, 2.24) is 24.9 Å². The van der Waals surface area contributed by atoms with Crippen molar-refractivity contribution in [3.05, 3.63) is 65.4 Å². The maximum absolute atomic E-state index is 12.6. The first-order chi connectivity index (χ1) is 12.7. The second kappa shape index (κ2) is 7.13. The maximum atomic E-state index is 12.6. The smallest absolute Gasteiger partial charge is 0.254 e. The first-order valence-corrected chi connectivity index (χ1v) is 8.72. The standard InChI is InChI=1S/C18H17ClN6O/c19-15-4-1-3-14(13-15)18(26)24-11-9-23(10-12-24)16-5-6-17(22-21-16)25-8-2-7-20-25/h1-8,13H,9-12H2. The number of benzene rings is 1. The highest BCUT2D eigenvalue weighted by Gasteiger charge is 2.23. The Labute approximate surface area is 155 Å². The van der Waals surface area contributed by atoms with E-state index in [9.17, 15) is 4.79 Å². The molecule has 3 aromatic rings.